The monoisotopic (exact) mass is 155 g/mol. The van der Waals surface area contributed by atoms with Gasteiger partial charge in [-0.3, -0.25) is 4.79 Å². The van der Waals surface area contributed by atoms with Crippen LogP contribution in [0.25, 0.3) is 0 Å². The number of hydrogen-bond donors (Lipinski definition) is 1. The van der Waals surface area contributed by atoms with Gasteiger partial charge in [0.15, 0.2) is 0 Å². The van der Waals surface area contributed by atoms with Crippen molar-refractivity contribution in [1.82, 2.24) is 5.32 Å². The van der Waals surface area contributed by atoms with Gasteiger partial charge in [0, 0.05) is 24.9 Å². The molecule has 0 aromatic carbocycles. The zero-order valence-corrected chi connectivity index (χ0v) is 7.39. The molecule has 2 atom stereocenters. The molecule has 0 radical (unpaired) electrons. The summed E-state index contributed by atoms with van der Waals surface area (Å²) in [5.41, 5.74) is 0. The van der Waals surface area contributed by atoms with Gasteiger partial charge < -0.3 is 5.32 Å². The summed E-state index contributed by atoms with van der Waals surface area (Å²) < 4.78 is 0. The Balaban J connectivity index is 2.43. The van der Waals surface area contributed by atoms with Crippen LogP contribution in [0.5, 0.6) is 0 Å². The van der Waals surface area contributed by atoms with E-state index in [1.165, 1.54) is 0 Å². The molecule has 0 aromatic rings. The number of carbonyl (C=O) groups excluding carboxylic acids is 1. The van der Waals surface area contributed by atoms with Crippen molar-refractivity contribution < 1.29 is 4.79 Å². The van der Waals surface area contributed by atoms with E-state index in [9.17, 15) is 4.79 Å². The van der Waals surface area contributed by atoms with E-state index in [2.05, 4.69) is 19.2 Å². The number of Topliss-reactive ketones (excluding diaryl/α,β-unsaturated/α-hetero) is 1. The van der Waals surface area contributed by atoms with E-state index in [0.29, 0.717) is 17.9 Å². The van der Waals surface area contributed by atoms with Crippen LogP contribution in [0.2, 0.25) is 0 Å². The highest BCUT2D eigenvalue weighted by molar-refractivity contribution is 5.80. The molecule has 1 rings (SSSR count). The van der Waals surface area contributed by atoms with Crippen LogP contribution in [0.15, 0.2) is 0 Å². The Hall–Kier alpha value is -0.370. The third-order valence-electron chi connectivity index (χ3n) is 2.41. The molecule has 2 heteroatoms. The molecule has 0 spiro atoms. The second kappa shape index (κ2) is 3.86. The van der Waals surface area contributed by atoms with E-state index in [4.69, 9.17) is 0 Å². The summed E-state index contributed by atoms with van der Waals surface area (Å²) in [6.07, 6.45) is 3.63. The molecule has 1 aliphatic rings. The number of carbonyl (C=O) groups is 1. The minimum atomic E-state index is 0.433. The van der Waals surface area contributed by atoms with Gasteiger partial charge in [-0.2, -0.15) is 0 Å². The SMILES string of the molecule is CCC1CC(=O)CC(CC)N1. The minimum absolute atomic E-state index is 0.433. The van der Waals surface area contributed by atoms with Crippen molar-refractivity contribution >= 4 is 5.78 Å². The van der Waals surface area contributed by atoms with Gasteiger partial charge in [0.1, 0.15) is 5.78 Å². The topological polar surface area (TPSA) is 29.1 Å². The number of rotatable bonds is 2. The van der Waals surface area contributed by atoms with E-state index >= 15 is 0 Å². The second-order valence-electron chi connectivity index (χ2n) is 3.32. The Bertz CT molecular complexity index is 130. The highest BCUT2D eigenvalue weighted by atomic mass is 16.1. The van der Waals surface area contributed by atoms with Crippen molar-refractivity contribution in [2.45, 2.75) is 51.6 Å². The van der Waals surface area contributed by atoms with Gasteiger partial charge in [0.05, 0.1) is 0 Å². The summed E-state index contributed by atoms with van der Waals surface area (Å²) in [6.45, 7) is 4.26. The lowest BCUT2D eigenvalue weighted by atomic mass is 9.94. The molecule has 1 heterocycles. The first-order valence-electron chi connectivity index (χ1n) is 4.54. The summed E-state index contributed by atoms with van der Waals surface area (Å²) in [4.78, 5) is 11.2. The van der Waals surface area contributed by atoms with Crippen molar-refractivity contribution in [2.75, 3.05) is 0 Å². The summed E-state index contributed by atoms with van der Waals surface area (Å²) in [7, 11) is 0. The molecule has 64 valence electrons. The highest BCUT2D eigenvalue weighted by Gasteiger charge is 2.23. The van der Waals surface area contributed by atoms with E-state index < -0.39 is 0 Å². The Kier molecular flexibility index (Phi) is 3.06. The third-order valence-corrected chi connectivity index (χ3v) is 2.41. The number of hydrogen-bond acceptors (Lipinski definition) is 2. The van der Waals surface area contributed by atoms with E-state index in [0.717, 1.165) is 25.7 Å². The Morgan fingerprint density at radius 1 is 1.27 bits per heavy atom. The van der Waals surface area contributed by atoms with Crippen molar-refractivity contribution in [2.24, 2.45) is 0 Å². The minimum Gasteiger partial charge on any atom is -0.310 e. The lowest BCUT2D eigenvalue weighted by Crippen LogP contribution is -2.45. The second-order valence-corrected chi connectivity index (χ2v) is 3.32. The maximum absolute atomic E-state index is 11.2. The zero-order chi connectivity index (χ0) is 8.27. The number of piperidine rings is 1. The Morgan fingerprint density at radius 3 is 2.09 bits per heavy atom. The van der Waals surface area contributed by atoms with Crippen molar-refractivity contribution in [3.05, 3.63) is 0 Å². The lowest BCUT2D eigenvalue weighted by molar-refractivity contribution is -0.121. The first-order chi connectivity index (χ1) is 5.26. The fourth-order valence-electron chi connectivity index (χ4n) is 1.61. The van der Waals surface area contributed by atoms with Crippen LogP contribution in [0.1, 0.15) is 39.5 Å². The predicted molar refractivity (Wildman–Crippen MR) is 45.5 cm³/mol. The molecule has 1 fully saturated rings. The molecule has 0 aliphatic carbocycles. The molecule has 0 amide bonds. The van der Waals surface area contributed by atoms with Crippen molar-refractivity contribution in [1.29, 1.82) is 0 Å². The van der Waals surface area contributed by atoms with Crippen LogP contribution in [0.3, 0.4) is 0 Å². The highest BCUT2D eigenvalue weighted by Crippen LogP contribution is 2.13. The molecule has 0 bridgehead atoms. The van der Waals surface area contributed by atoms with Crippen LogP contribution in [0.4, 0.5) is 0 Å². The van der Waals surface area contributed by atoms with Gasteiger partial charge in [0.2, 0.25) is 0 Å². The molecule has 2 nitrogen and oxygen atoms in total. The maximum atomic E-state index is 11.2. The standard InChI is InChI=1S/C9H17NO/c1-3-7-5-9(11)6-8(4-2)10-7/h7-8,10H,3-6H2,1-2H3. The van der Waals surface area contributed by atoms with Crippen LogP contribution < -0.4 is 5.32 Å². The quantitative estimate of drug-likeness (QED) is 0.654. The van der Waals surface area contributed by atoms with E-state index in [1.54, 1.807) is 0 Å². The molecule has 1 N–H and O–H groups in total. The Labute approximate surface area is 68.4 Å². The smallest absolute Gasteiger partial charge is 0.136 e. The molecule has 1 saturated heterocycles. The molecule has 0 aromatic heterocycles. The van der Waals surface area contributed by atoms with Gasteiger partial charge in [0.25, 0.3) is 0 Å². The summed E-state index contributed by atoms with van der Waals surface area (Å²) in [5.74, 6) is 0.433. The average Bonchev–Trinajstić information content (AvgIpc) is 2.03. The first-order valence-corrected chi connectivity index (χ1v) is 4.54. The summed E-state index contributed by atoms with van der Waals surface area (Å²) in [5, 5.41) is 3.46. The molecule has 11 heavy (non-hydrogen) atoms. The van der Waals surface area contributed by atoms with Crippen molar-refractivity contribution in [3.8, 4) is 0 Å². The van der Waals surface area contributed by atoms with Gasteiger partial charge >= 0.3 is 0 Å². The van der Waals surface area contributed by atoms with Crippen molar-refractivity contribution in [3.63, 3.8) is 0 Å². The fourth-order valence-corrected chi connectivity index (χ4v) is 1.61. The van der Waals surface area contributed by atoms with Crippen LogP contribution >= 0.6 is 0 Å². The maximum Gasteiger partial charge on any atom is 0.136 e. The summed E-state index contributed by atoms with van der Waals surface area (Å²) >= 11 is 0. The fraction of sp³-hybridized carbons (Fsp3) is 0.889. The van der Waals surface area contributed by atoms with E-state index in [1.807, 2.05) is 0 Å². The predicted octanol–water partition coefficient (Wildman–Crippen LogP) is 1.50. The first kappa shape index (κ1) is 8.72. The van der Waals surface area contributed by atoms with Crippen LogP contribution in [0, 0.1) is 0 Å². The van der Waals surface area contributed by atoms with Gasteiger partial charge in [-0.1, -0.05) is 13.8 Å². The lowest BCUT2D eigenvalue weighted by Gasteiger charge is -2.28. The molecule has 2 unspecified atom stereocenters. The molecular formula is C9H17NO. The van der Waals surface area contributed by atoms with Gasteiger partial charge in [-0.25, -0.2) is 0 Å². The number of ketones is 1. The van der Waals surface area contributed by atoms with Crippen LogP contribution in [-0.2, 0) is 4.79 Å². The molecule has 1 aliphatic heterocycles. The van der Waals surface area contributed by atoms with E-state index in [-0.39, 0.29) is 0 Å². The largest absolute Gasteiger partial charge is 0.310 e. The number of nitrogens with one attached hydrogen (secondary N) is 1. The average molecular weight is 155 g/mol. The van der Waals surface area contributed by atoms with Gasteiger partial charge in [-0.05, 0) is 12.8 Å². The third kappa shape index (κ3) is 2.29. The van der Waals surface area contributed by atoms with Crippen LogP contribution in [-0.4, -0.2) is 17.9 Å². The summed E-state index contributed by atoms with van der Waals surface area (Å²) in [6, 6.07) is 0.891. The van der Waals surface area contributed by atoms with Gasteiger partial charge in [-0.15, -0.1) is 0 Å². The zero-order valence-electron chi connectivity index (χ0n) is 7.39. The molecular weight excluding hydrogens is 138 g/mol. The Morgan fingerprint density at radius 2 is 1.73 bits per heavy atom. The molecule has 0 saturated carbocycles. The normalized spacial score (nSPS) is 32.4.